The Morgan fingerprint density at radius 1 is 1.82 bits per heavy atom. The summed E-state index contributed by atoms with van der Waals surface area (Å²) < 4.78 is 4.32. The fraction of sp³-hybridized carbons (Fsp3) is 0.500. The van der Waals surface area contributed by atoms with Gasteiger partial charge in [0.25, 0.3) is 5.90 Å². The highest BCUT2D eigenvalue weighted by atomic mass is 16.5. The van der Waals surface area contributed by atoms with Crippen molar-refractivity contribution in [3.05, 3.63) is 10.4 Å². The van der Waals surface area contributed by atoms with E-state index in [9.17, 15) is 4.79 Å². The van der Waals surface area contributed by atoms with Crippen molar-refractivity contribution in [2.24, 2.45) is 5.11 Å². The molecule has 0 saturated carbocycles. The minimum absolute atomic E-state index is 0.0200. The molecule has 0 bridgehead atoms. The first-order valence-corrected chi connectivity index (χ1v) is 2.64. The van der Waals surface area contributed by atoms with Gasteiger partial charge in [0.05, 0.1) is 13.2 Å². The second-order valence-electron chi connectivity index (χ2n) is 1.44. The molecule has 0 amide bonds. The van der Waals surface area contributed by atoms with E-state index in [1.165, 1.54) is 0 Å². The predicted molar refractivity (Wildman–Crippen MR) is 35.3 cm³/mol. The fourth-order valence-electron chi connectivity index (χ4n) is 0.295. The maximum absolute atomic E-state index is 9.91. The second kappa shape index (κ2) is 5.07. The molecule has 0 aliphatic carbocycles. The molecule has 0 radical (unpaired) electrons. The molecule has 0 heterocycles. The van der Waals surface area contributed by atoms with Crippen LogP contribution in [0.2, 0.25) is 0 Å². The number of azide groups is 1. The molecule has 0 fully saturated rings. The van der Waals surface area contributed by atoms with E-state index >= 15 is 0 Å². The van der Waals surface area contributed by atoms with E-state index in [4.69, 9.17) is 16.0 Å². The van der Waals surface area contributed by atoms with Gasteiger partial charge >= 0.3 is 5.97 Å². The molecule has 7 heteroatoms. The van der Waals surface area contributed by atoms with Crippen molar-refractivity contribution in [1.29, 1.82) is 5.41 Å². The van der Waals surface area contributed by atoms with Gasteiger partial charge in [0, 0.05) is 4.91 Å². The lowest BCUT2D eigenvalue weighted by atomic mass is 10.6. The Bertz CT molecular complexity index is 207. The molecule has 0 unspecified atom stereocenters. The van der Waals surface area contributed by atoms with Gasteiger partial charge in [-0.2, -0.15) is 0 Å². The van der Waals surface area contributed by atoms with Crippen molar-refractivity contribution in [2.45, 2.75) is 0 Å². The van der Waals surface area contributed by atoms with Gasteiger partial charge in [-0.25, -0.2) is 4.79 Å². The van der Waals surface area contributed by atoms with Gasteiger partial charge in [0.1, 0.15) is 0 Å². The van der Waals surface area contributed by atoms with Crippen LogP contribution >= 0.6 is 0 Å². The van der Waals surface area contributed by atoms with Crippen LogP contribution in [-0.4, -0.2) is 30.1 Å². The number of nitrogens with zero attached hydrogens (tertiary/aromatic N) is 3. The van der Waals surface area contributed by atoms with E-state index in [1.807, 2.05) is 0 Å². The summed E-state index contributed by atoms with van der Waals surface area (Å²) in [4.78, 5) is 12.3. The summed E-state index contributed by atoms with van der Waals surface area (Å²) in [6.07, 6.45) is 0. The Morgan fingerprint density at radius 2 is 2.45 bits per heavy atom. The number of aliphatic carboxylic acids is 1. The number of hydrogen-bond donors (Lipinski definition) is 2. The lowest BCUT2D eigenvalue weighted by Crippen LogP contribution is -2.16. The minimum Gasteiger partial charge on any atom is -0.474 e. The average Bonchev–Trinajstić information content (AvgIpc) is 1.97. The summed E-state index contributed by atoms with van der Waals surface area (Å²) in [6, 6.07) is 0. The molecule has 0 aliphatic heterocycles. The Kier molecular flexibility index (Phi) is 4.26. The van der Waals surface area contributed by atoms with Gasteiger partial charge in [-0.05, 0) is 5.53 Å². The number of rotatable bonds is 3. The van der Waals surface area contributed by atoms with Crippen molar-refractivity contribution in [1.82, 2.24) is 0 Å². The SMILES string of the molecule is [N-]=[N+]=NCCOC(=N)C(=O)O. The smallest absolute Gasteiger partial charge is 0.391 e. The number of ether oxygens (including phenoxy) is 1. The molecule has 7 nitrogen and oxygen atoms in total. The van der Waals surface area contributed by atoms with Crippen LogP contribution in [-0.2, 0) is 9.53 Å². The highest BCUT2D eigenvalue weighted by Gasteiger charge is 2.05. The standard InChI is InChI=1S/C4H6N4O3/c5-3(4(9)10)11-2-1-7-8-6/h5H,1-2H2,(H,9,10). The zero-order valence-corrected chi connectivity index (χ0v) is 5.52. The third kappa shape index (κ3) is 4.73. The van der Waals surface area contributed by atoms with Gasteiger partial charge in [-0.15, -0.1) is 0 Å². The average molecular weight is 158 g/mol. The number of carboxylic acids is 1. The Balaban J connectivity index is 3.47. The van der Waals surface area contributed by atoms with Crippen LogP contribution in [0.1, 0.15) is 0 Å². The number of carbonyl (C=O) groups is 1. The molecule has 0 atom stereocenters. The Labute approximate surface area is 61.7 Å². The largest absolute Gasteiger partial charge is 0.474 e. The normalized spacial score (nSPS) is 8.00. The number of carboxylic acid groups (broad SMARTS) is 1. The molecular formula is C4H6N4O3. The van der Waals surface area contributed by atoms with Crippen LogP contribution in [0, 0.1) is 5.41 Å². The zero-order valence-electron chi connectivity index (χ0n) is 5.52. The molecule has 0 aliphatic rings. The second-order valence-corrected chi connectivity index (χ2v) is 1.44. The summed E-state index contributed by atoms with van der Waals surface area (Å²) in [5, 5.41) is 17.8. The Morgan fingerprint density at radius 3 is 2.91 bits per heavy atom. The molecule has 0 aromatic heterocycles. The number of hydrogen-bond acceptors (Lipinski definition) is 4. The summed E-state index contributed by atoms with van der Waals surface area (Å²) in [6.45, 7) is -0.0681. The highest BCUT2D eigenvalue weighted by Crippen LogP contribution is 1.80. The van der Waals surface area contributed by atoms with Crippen molar-refractivity contribution in [3.63, 3.8) is 0 Å². The van der Waals surface area contributed by atoms with Crippen LogP contribution < -0.4 is 0 Å². The Hall–Kier alpha value is -1.75. The monoisotopic (exact) mass is 158 g/mol. The van der Waals surface area contributed by atoms with Gasteiger partial charge < -0.3 is 9.84 Å². The first-order chi connectivity index (χ1) is 5.18. The van der Waals surface area contributed by atoms with Crippen molar-refractivity contribution >= 4 is 11.9 Å². The molecule has 0 saturated heterocycles. The molecule has 60 valence electrons. The van der Waals surface area contributed by atoms with E-state index in [0.29, 0.717) is 0 Å². The number of nitrogens with one attached hydrogen (secondary N) is 1. The zero-order chi connectivity index (χ0) is 8.69. The van der Waals surface area contributed by atoms with Crippen LogP contribution in [0.5, 0.6) is 0 Å². The third-order valence-electron chi connectivity index (χ3n) is 0.695. The maximum Gasteiger partial charge on any atom is 0.391 e. The third-order valence-corrected chi connectivity index (χ3v) is 0.695. The lowest BCUT2D eigenvalue weighted by Gasteiger charge is -1.98. The topological polar surface area (TPSA) is 119 Å². The summed E-state index contributed by atoms with van der Waals surface area (Å²) in [7, 11) is 0. The lowest BCUT2D eigenvalue weighted by molar-refractivity contribution is -0.131. The van der Waals surface area contributed by atoms with Crippen molar-refractivity contribution < 1.29 is 14.6 Å². The fourth-order valence-corrected chi connectivity index (χ4v) is 0.295. The van der Waals surface area contributed by atoms with E-state index in [2.05, 4.69) is 14.8 Å². The predicted octanol–water partition coefficient (Wildman–Crippen LogP) is 0.375. The van der Waals surface area contributed by atoms with Gasteiger partial charge in [-0.1, -0.05) is 5.11 Å². The molecule has 11 heavy (non-hydrogen) atoms. The first-order valence-electron chi connectivity index (χ1n) is 2.64. The van der Waals surface area contributed by atoms with E-state index in [-0.39, 0.29) is 13.2 Å². The summed E-state index contributed by atoms with van der Waals surface area (Å²) in [5.74, 6) is -2.29. The van der Waals surface area contributed by atoms with E-state index < -0.39 is 11.9 Å². The van der Waals surface area contributed by atoms with Crippen molar-refractivity contribution in [2.75, 3.05) is 13.2 Å². The molecule has 2 N–H and O–H groups in total. The van der Waals surface area contributed by atoms with Crippen LogP contribution in [0.4, 0.5) is 0 Å². The van der Waals surface area contributed by atoms with Crippen molar-refractivity contribution in [3.8, 4) is 0 Å². The minimum atomic E-state index is -1.44. The highest BCUT2D eigenvalue weighted by molar-refractivity contribution is 6.30. The summed E-state index contributed by atoms with van der Waals surface area (Å²) >= 11 is 0. The van der Waals surface area contributed by atoms with E-state index in [0.717, 1.165) is 0 Å². The quantitative estimate of drug-likeness (QED) is 0.154. The first kappa shape index (κ1) is 9.25. The van der Waals surface area contributed by atoms with Crippen LogP contribution in [0.15, 0.2) is 5.11 Å². The molecular weight excluding hydrogens is 152 g/mol. The van der Waals surface area contributed by atoms with Gasteiger partial charge in [0.2, 0.25) is 0 Å². The van der Waals surface area contributed by atoms with Gasteiger partial charge in [-0.3, -0.25) is 5.41 Å². The van der Waals surface area contributed by atoms with Gasteiger partial charge in [0.15, 0.2) is 0 Å². The van der Waals surface area contributed by atoms with E-state index in [1.54, 1.807) is 0 Å². The van der Waals surface area contributed by atoms with Crippen LogP contribution in [0.25, 0.3) is 10.4 Å². The maximum atomic E-state index is 9.91. The molecule has 0 spiro atoms. The molecule has 0 rings (SSSR count). The van der Waals surface area contributed by atoms with Crippen LogP contribution in [0.3, 0.4) is 0 Å². The molecule has 0 aromatic carbocycles. The molecule has 0 aromatic rings. The summed E-state index contributed by atoms with van der Waals surface area (Å²) in [5.41, 5.74) is 7.77.